The first-order chi connectivity index (χ1) is 8.16. The van der Waals surface area contributed by atoms with Gasteiger partial charge in [0.1, 0.15) is 18.1 Å². The van der Waals surface area contributed by atoms with E-state index in [1.807, 2.05) is 18.2 Å². The van der Waals surface area contributed by atoms with Crippen LogP contribution < -0.4 is 4.74 Å². The molecule has 0 bridgehead atoms. The van der Waals surface area contributed by atoms with Crippen LogP contribution >= 0.6 is 22.6 Å². The number of nitro groups is 1. The summed E-state index contributed by atoms with van der Waals surface area (Å²) in [6.07, 6.45) is 2.22. The average Bonchev–Trinajstić information content (AvgIpc) is 2.33. The molecule has 2 rings (SSSR count). The van der Waals surface area contributed by atoms with Crippen LogP contribution in [0.2, 0.25) is 0 Å². The summed E-state index contributed by atoms with van der Waals surface area (Å²) in [7, 11) is 0. The molecule has 1 heterocycles. The molecule has 0 aliphatic heterocycles. The number of hydrogen-bond donors (Lipinski definition) is 0. The number of halogens is 1. The number of ether oxygens (including phenoxy) is 1. The zero-order valence-corrected chi connectivity index (χ0v) is 10.6. The second kappa shape index (κ2) is 5.04. The molecule has 0 fully saturated rings. The zero-order chi connectivity index (χ0) is 12.3. The van der Waals surface area contributed by atoms with E-state index in [1.54, 1.807) is 6.07 Å². The van der Waals surface area contributed by atoms with Gasteiger partial charge in [0.2, 0.25) is 0 Å². The minimum atomic E-state index is -0.559. The summed E-state index contributed by atoms with van der Waals surface area (Å²) in [6, 6.07) is 7.43. The normalized spacial score (nSPS) is 9.94. The van der Waals surface area contributed by atoms with Crippen molar-refractivity contribution in [3.63, 3.8) is 0 Å². The molecule has 0 aliphatic rings. The Labute approximate surface area is 110 Å². The van der Waals surface area contributed by atoms with Gasteiger partial charge in [0, 0.05) is 0 Å². The molecule has 6 nitrogen and oxygen atoms in total. The summed E-state index contributed by atoms with van der Waals surface area (Å²) < 4.78 is 6.30. The van der Waals surface area contributed by atoms with Crippen molar-refractivity contribution in [3.05, 3.63) is 50.3 Å². The topological polar surface area (TPSA) is 78.2 Å². The number of nitrogens with zero attached hydrogens (tertiary/aromatic N) is 3. The van der Waals surface area contributed by atoms with Crippen molar-refractivity contribution < 1.29 is 9.66 Å². The lowest BCUT2D eigenvalue weighted by atomic mass is 10.3. The quantitative estimate of drug-likeness (QED) is 0.487. The summed E-state index contributed by atoms with van der Waals surface area (Å²) in [5, 5.41) is 10.4. The standard InChI is InChI=1S/C10H6IN3O3/c11-8-3-1-2-4-9(8)17-10-12-5-7(6-13-10)14(15)16/h1-6H. The van der Waals surface area contributed by atoms with E-state index >= 15 is 0 Å². The van der Waals surface area contributed by atoms with Crippen molar-refractivity contribution in [2.24, 2.45) is 0 Å². The van der Waals surface area contributed by atoms with Gasteiger partial charge >= 0.3 is 11.7 Å². The minimum absolute atomic E-state index is 0.0831. The maximum absolute atomic E-state index is 10.4. The third-order valence-electron chi connectivity index (χ3n) is 1.86. The first kappa shape index (κ1) is 11.7. The second-order valence-corrected chi connectivity index (χ2v) is 4.18. The Morgan fingerprint density at radius 2 is 1.88 bits per heavy atom. The molecule has 0 saturated carbocycles. The maximum Gasteiger partial charge on any atom is 0.322 e. The highest BCUT2D eigenvalue weighted by molar-refractivity contribution is 14.1. The lowest BCUT2D eigenvalue weighted by Gasteiger charge is -2.04. The second-order valence-electron chi connectivity index (χ2n) is 3.01. The van der Waals surface area contributed by atoms with Crippen LogP contribution in [0.4, 0.5) is 5.69 Å². The molecule has 86 valence electrons. The molecule has 0 N–H and O–H groups in total. The van der Waals surface area contributed by atoms with Crippen molar-refractivity contribution in [1.29, 1.82) is 0 Å². The first-order valence-corrected chi connectivity index (χ1v) is 5.63. The Bertz CT molecular complexity index is 545. The van der Waals surface area contributed by atoms with Crippen LogP contribution in [0.1, 0.15) is 0 Å². The number of benzene rings is 1. The van der Waals surface area contributed by atoms with Crippen LogP contribution in [0.15, 0.2) is 36.7 Å². The molecular formula is C10H6IN3O3. The molecule has 0 unspecified atom stereocenters. The van der Waals surface area contributed by atoms with Crippen LogP contribution in [0, 0.1) is 13.7 Å². The molecule has 1 aromatic heterocycles. The van der Waals surface area contributed by atoms with E-state index in [0.717, 1.165) is 16.0 Å². The van der Waals surface area contributed by atoms with E-state index in [0.29, 0.717) is 5.75 Å². The first-order valence-electron chi connectivity index (χ1n) is 4.55. The summed E-state index contributed by atoms with van der Waals surface area (Å²) in [5.74, 6) is 0.613. The lowest BCUT2D eigenvalue weighted by Crippen LogP contribution is -1.95. The highest BCUT2D eigenvalue weighted by Gasteiger charge is 2.08. The Kier molecular flexibility index (Phi) is 3.47. The maximum atomic E-state index is 10.4. The molecular weight excluding hydrogens is 337 g/mol. The minimum Gasteiger partial charge on any atom is -0.423 e. The van der Waals surface area contributed by atoms with Crippen LogP contribution in [-0.4, -0.2) is 14.9 Å². The van der Waals surface area contributed by atoms with Gasteiger partial charge in [0.15, 0.2) is 0 Å². The van der Waals surface area contributed by atoms with Gasteiger partial charge in [0.05, 0.1) is 8.49 Å². The van der Waals surface area contributed by atoms with Crippen LogP contribution in [0.25, 0.3) is 0 Å². The summed E-state index contributed by atoms with van der Waals surface area (Å²) in [6.45, 7) is 0. The van der Waals surface area contributed by atoms with Crippen LogP contribution in [-0.2, 0) is 0 Å². The SMILES string of the molecule is O=[N+]([O-])c1cnc(Oc2ccccc2I)nc1. The third-order valence-corrected chi connectivity index (χ3v) is 2.75. The van der Waals surface area contributed by atoms with E-state index < -0.39 is 4.92 Å². The summed E-state index contributed by atoms with van der Waals surface area (Å²) in [5.41, 5.74) is -0.167. The Balaban J connectivity index is 2.20. The van der Waals surface area contributed by atoms with Gasteiger partial charge in [-0.15, -0.1) is 0 Å². The molecule has 0 aliphatic carbocycles. The van der Waals surface area contributed by atoms with Crippen molar-refractivity contribution in [2.75, 3.05) is 0 Å². The molecule has 0 radical (unpaired) electrons. The van der Waals surface area contributed by atoms with Crippen molar-refractivity contribution in [2.45, 2.75) is 0 Å². The highest BCUT2D eigenvalue weighted by atomic mass is 127. The Morgan fingerprint density at radius 1 is 1.24 bits per heavy atom. The molecule has 0 spiro atoms. The number of para-hydroxylation sites is 1. The van der Waals surface area contributed by atoms with E-state index in [4.69, 9.17) is 4.74 Å². The Morgan fingerprint density at radius 3 is 2.47 bits per heavy atom. The number of hydrogen-bond acceptors (Lipinski definition) is 5. The van der Waals surface area contributed by atoms with Crippen LogP contribution in [0.3, 0.4) is 0 Å². The van der Waals surface area contributed by atoms with Crippen molar-refractivity contribution >= 4 is 28.3 Å². The van der Waals surface area contributed by atoms with Gasteiger partial charge in [-0.1, -0.05) is 12.1 Å². The van der Waals surface area contributed by atoms with Gasteiger partial charge in [-0.25, -0.2) is 0 Å². The molecule has 7 heteroatoms. The zero-order valence-electron chi connectivity index (χ0n) is 8.41. The number of aromatic nitrogens is 2. The highest BCUT2D eigenvalue weighted by Crippen LogP contribution is 2.24. The third kappa shape index (κ3) is 2.87. The molecule has 0 atom stereocenters. The predicted octanol–water partition coefficient (Wildman–Crippen LogP) is 2.78. The van der Waals surface area contributed by atoms with E-state index in [2.05, 4.69) is 32.6 Å². The van der Waals surface area contributed by atoms with Gasteiger partial charge in [-0.05, 0) is 34.7 Å². The monoisotopic (exact) mass is 343 g/mol. The van der Waals surface area contributed by atoms with Crippen molar-refractivity contribution in [1.82, 2.24) is 9.97 Å². The van der Waals surface area contributed by atoms with Gasteiger partial charge in [-0.3, -0.25) is 10.1 Å². The predicted molar refractivity (Wildman–Crippen MR) is 67.9 cm³/mol. The molecule has 17 heavy (non-hydrogen) atoms. The molecule has 2 aromatic rings. The number of rotatable bonds is 3. The van der Waals surface area contributed by atoms with Crippen molar-refractivity contribution in [3.8, 4) is 11.8 Å². The average molecular weight is 343 g/mol. The molecule has 0 amide bonds. The summed E-state index contributed by atoms with van der Waals surface area (Å²) in [4.78, 5) is 17.4. The smallest absolute Gasteiger partial charge is 0.322 e. The Hall–Kier alpha value is -1.77. The molecule has 1 aromatic carbocycles. The van der Waals surface area contributed by atoms with Gasteiger partial charge in [0.25, 0.3) is 0 Å². The van der Waals surface area contributed by atoms with Gasteiger partial charge < -0.3 is 4.74 Å². The van der Waals surface area contributed by atoms with Crippen LogP contribution in [0.5, 0.6) is 11.8 Å². The van der Waals surface area contributed by atoms with E-state index in [9.17, 15) is 10.1 Å². The molecule has 0 saturated heterocycles. The van der Waals surface area contributed by atoms with E-state index in [1.165, 1.54) is 0 Å². The van der Waals surface area contributed by atoms with Gasteiger partial charge in [-0.2, -0.15) is 9.97 Å². The summed E-state index contributed by atoms with van der Waals surface area (Å²) >= 11 is 2.12. The fraction of sp³-hybridized carbons (Fsp3) is 0. The fourth-order valence-corrected chi connectivity index (χ4v) is 1.58. The lowest BCUT2D eigenvalue weighted by molar-refractivity contribution is -0.385. The van der Waals surface area contributed by atoms with E-state index in [-0.39, 0.29) is 11.7 Å². The fourth-order valence-electron chi connectivity index (χ4n) is 1.08. The largest absolute Gasteiger partial charge is 0.423 e.